The van der Waals surface area contributed by atoms with Gasteiger partial charge in [-0.2, -0.15) is 5.10 Å². The van der Waals surface area contributed by atoms with E-state index in [4.69, 9.17) is 18.9 Å². The molecule has 9 nitrogen and oxygen atoms in total. The Morgan fingerprint density at radius 2 is 1.91 bits per heavy atom. The minimum absolute atomic E-state index is 0.0748. The van der Waals surface area contributed by atoms with Gasteiger partial charge >= 0.3 is 0 Å². The van der Waals surface area contributed by atoms with Crippen molar-refractivity contribution >= 4 is 33.4 Å². The van der Waals surface area contributed by atoms with Gasteiger partial charge in [0.15, 0.2) is 28.0 Å². The molecule has 4 heterocycles. The van der Waals surface area contributed by atoms with Crippen LogP contribution in [0.25, 0.3) is 33.7 Å². The quantitative estimate of drug-likeness (QED) is 0.314. The summed E-state index contributed by atoms with van der Waals surface area (Å²) in [6.45, 7) is 4.03. The fourth-order valence-corrected chi connectivity index (χ4v) is 4.47. The van der Waals surface area contributed by atoms with Crippen LogP contribution in [0.3, 0.4) is 0 Å². The Morgan fingerprint density at radius 1 is 1.09 bits per heavy atom. The van der Waals surface area contributed by atoms with Crippen LogP contribution in [0.1, 0.15) is 30.2 Å². The van der Waals surface area contributed by atoms with Gasteiger partial charge in [0.2, 0.25) is 0 Å². The van der Waals surface area contributed by atoms with E-state index in [1.54, 1.807) is 43.5 Å². The molecule has 1 N–H and O–H groups in total. The highest BCUT2D eigenvalue weighted by molar-refractivity contribution is 7.14. The normalized spacial score (nSPS) is 11.2. The molecule has 0 radical (unpaired) electrons. The fraction of sp³-hybridized carbons (Fsp3) is 0.200. The number of ether oxygens (including phenoxy) is 2. The molecule has 0 aliphatic rings. The first kappa shape index (κ1) is 22.6. The van der Waals surface area contributed by atoms with Crippen LogP contribution in [0.2, 0.25) is 0 Å². The number of carbonyl (C=O) groups is 1. The van der Waals surface area contributed by atoms with Crippen molar-refractivity contribution < 1.29 is 18.7 Å². The first-order valence-corrected chi connectivity index (χ1v) is 11.8. The van der Waals surface area contributed by atoms with Crippen molar-refractivity contribution in [1.82, 2.24) is 19.7 Å². The van der Waals surface area contributed by atoms with Gasteiger partial charge in [0.25, 0.3) is 5.91 Å². The number of benzene rings is 1. The molecule has 0 atom stereocenters. The number of anilines is 1. The van der Waals surface area contributed by atoms with Crippen molar-refractivity contribution in [1.29, 1.82) is 0 Å². The van der Waals surface area contributed by atoms with Crippen molar-refractivity contribution in [2.24, 2.45) is 0 Å². The Kier molecular flexibility index (Phi) is 5.96. The van der Waals surface area contributed by atoms with Crippen LogP contribution >= 0.6 is 11.3 Å². The molecule has 5 aromatic rings. The number of carbonyl (C=O) groups excluding carboxylic acids is 1. The maximum atomic E-state index is 13.4. The van der Waals surface area contributed by atoms with Gasteiger partial charge in [0, 0.05) is 17.0 Å². The topological polar surface area (TPSA) is 104 Å². The number of hydrogen-bond acceptors (Lipinski definition) is 8. The molecule has 4 aromatic heterocycles. The van der Waals surface area contributed by atoms with E-state index in [2.05, 4.69) is 15.4 Å². The van der Waals surface area contributed by atoms with E-state index in [1.807, 2.05) is 43.5 Å². The number of rotatable bonds is 7. The van der Waals surface area contributed by atoms with Crippen LogP contribution < -0.4 is 14.8 Å². The van der Waals surface area contributed by atoms with Crippen molar-refractivity contribution in [3.8, 4) is 34.2 Å². The lowest BCUT2D eigenvalue weighted by Gasteiger charge is -2.09. The molecule has 0 fully saturated rings. The minimum atomic E-state index is -0.304. The number of thiazole rings is 1. The van der Waals surface area contributed by atoms with Crippen LogP contribution in [0.4, 0.5) is 5.13 Å². The zero-order chi connectivity index (χ0) is 24.5. The molecule has 0 aliphatic carbocycles. The molecule has 0 spiro atoms. The van der Waals surface area contributed by atoms with Gasteiger partial charge in [-0.05, 0) is 50.2 Å². The molecule has 35 heavy (non-hydrogen) atoms. The zero-order valence-corrected chi connectivity index (χ0v) is 20.4. The molecule has 0 unspecified atom stereocenters. The average molecular weight is 490 g/mol. The number of pyridine rings is 1. The molecular weight excluding hydrogens is 466 g/mol. The SMILES string of the molecule is COc1ccc(-c2csc(NC(=O)c3cc(-c4ccco4)nc4c3cnn4C(C)C)n2)cc1OC. The summed E-state index contributed by atoms with van der Waals surface area (Å²) < 4.78 is 18.0. The van der Waals surface area contributed by atoms with E-state index in [-0.39, 0.29) is 11.9 Å². The molecule has 1 amide bonds. The molecule has 0 saturated carbocycles. The molecule has 178 valence electrons. The molecule has 10 heteroatoms. The van der Waals surface area contributed by atoms with Gasteiger partial charge in [-0.3, -0.25) is 10.1 Å². The second-order valence-electron chi connectivity index (χ2n) is 8.01. The van der Waals surface area contributed by atoms with Gasteiger partial charge in [-0.25, -0.2) is 14.6 Å². The summed E-state index contributed by atoms with van der Waals surface area (Å²) in [7, 11) is 3.18. The summed E-state index contributed by atoms with van der Waals surface area (Å²) in [6, 6.07) is 10.9. The maximum Gasteiger partial charge on any atom is 0.258 e. The summed E-state index contributed by atoms with van der Waals surface area (Å²) in [4.78, 5) is 22.7. The third kappa shape index (κ3) is 4.24. The lowest BCUT2D eigenvalue weighted by molar-refractivity contribution is 0.102. The van der Waals surface area contributed by atoms with E-state index < -0.39 is 0 Å². The second-order valence-corrected chi connectivity index (χ2v) is 8.87. The zero-order valence-electron chi connectivity index (χ0n) is 19.6. The predicted molar refractivity (Wildman–Crippen MR) is 134 cm³/mol. The monoisotopic (exact) mass is 489 g/mol. The summed E-state index contributed by atoms with van der Waals surface area (Å²) in [5.74, 6) is 1.51. The van der Waals surface area contributed by atoms with Gasteiger partial charge in [0.1, 0.15) is 5.69 Å². The fourth-order valence-electron chi connectivity index (χ4n) is 3.76. The Balaban J connectivity index is 1.48. The van der Waals surface area contributed by atoms with Crippen LogP contribution in [-0.4, -0.2) is 39.9 Å². The minimum Gasteiger partial charge on any atom is -0.493 e. The van der Waals surface area contributed by atoms with Gasteiger partial charge in [-0.15, -0.1) is 11.3 Å². The third-order valence-electron chi connectivity index (χ3n) is 5.48. The number of methoxy groups -OCH3 is 2. The van der Waals surface area contributed by atoms with E-state index in [9.17, 15) is 4.79 Å². The van der Waals surface area contributed by atoms with Crippen LogP contribution in [0, 0.1) is 0 Å². The molecule has 0 aliphatic heterocycles. The number of hydrogen-bond donors (Lipinski definition) is 1. The van der Waals surface area contributed by atoms with Gasteiger partial charge in [0.05, 0.1) is 43.3 Å². The first-order chi connectivity index (χ1) is 17.0. The average Bonchev–Trinajstić information content (AvgIpc) is 3.63. The van der Waals surface area contributed by atoms with Crippen LogP contribution in [0.5, 0.6) is 11.5 Å². The number of amides is 1. The Labute approximate surface area is 205 Å². The summed E-state index contributed by atoms with van der Waals surface area (Å²) in [5.41, 5.74) is 3.18. The van der Waals surface area contributed by atoms with Gasteiger partial charge < -0.3 is 13.9 Å². The van der Waals surface area contributed by atoms with Crippen LogP contribution in [-0.2, 0) is 0 Å². The van der Waals surface area contributed by atoms with Crippen molar-refractivity contribution in [2.75, 3.05) is 19.5 Å². The smallest absolute Gasteiger partial charge is 0.258 e. The largest absolute Gasteiger partial charge is 0.493 e. The molecule has 1 aromatic carbocycles. The van der Waals surface area contributed by atoms with E-state index in [0.29, 0.717) is 44.7 Å². The summed E-state index contributed by atoms with van der Waals surface area (Å²) >= 11 is 1.34. The van der Waals surface area contributed by atoms with E-state index in [0.717, 1.165) is 11.3 Å². The highest BCUT2D eigenvalue weighted by Crippen LogP contribution is 2.34. The Morgan fingerprint density at radius 3 is 2.63 bits per heavy atom. The van der Waals surface area contributed by atoms with Crippen molar-refractivity contribution in [3.63, 3.8) is 0 Å². The van der Waals surface area contributed by atoms with E-state index in [1.165, 1.54) is 11.3 Å². The predicted octanol–water partition coefficient (Wildman–Crippen LogP) is 5.67. The highest BCUT2D eigenvalue weighted by Gasteiger charge is 2.20. The van der Waals surface area contributed by atoms with Crippen molar-refractivity contribution in [2.45, 2.75) is 19.9 Å². The number of nitrogens with one attached hydrogen (secondary N) is 1. The summed E-state index contributed by atoms with van der Waals surface area (Å²) in [5, 5.41) is 10.4. The second kappa shape index (κ2) is 9.22. The third-order valence-corrected chi connectivity index (χ3v) is 6.24. The maximum absolute atomic E-state index is 13.4. The standard InChI is InChI=1S/C25H23N5O4S/c1-14(2)30-23-17(12-26-30)16(11-18(27-23)20-6-5-9-34-20)24(31)29-25-28-19(13-35-25)15-7-8-21(32-3)22(10-15)33-4/h5-14H,1-4H3,(H,28,29,31). The van der Waals surface area contributed by atoms with Crippen molar-refractivity contribution in [3.05, 3.63) is 59.8 Å². The lowest BCUT2D eigenvalue weighted by atomic mass is 10.1. The van der Waals surface area contributed by atoms with E-state index >= 15 is 0 Å². The summed E-state index contributed by atoms with van der Waals surface area (Å²) in [6.07, 6.45) is 3.24. The lowest BCUT2D eigenvalue weighted by Crippen LogP contribution is -2.13. The number of furan rings is 1. The first-order valence-electron chi connectivity index (χ1n) is 10.9. The Bertz CT molecular complexity index is 1500. The van der Waals surface area contributed by atoms with Gasteiger partial charge in [-0.1, -0.05) is 0 Å². The Hall–Kier alpha value is -4.18. The molecular formula is C25H23N5O4S. The molecule has 0 bridgehead atoms. The molecule has 5 rings (SSSR count). The number of fused-ring (bicyclic) bond motifs is 1. The number of aromatic nitrogens is 4. The number of nitrogens with zero attached hydrogens (tertiary/aromatic N) is 4. The van der Waals surface area contributed by atoms with Crippen LogP contribution in [0.15, 0.2) is 58.7 Å². The molecule has 0 saturated heterocycles. The highest BCUT2D eigenvalue weighted by atomic mass is 32.1.